The predicted molar refractivity (Wildman–Crippen MR) is 177 cm³/mol. The summed E-state index contributed by atoms with van der Waals surface area (Å²) in [7, 11) is -3.60. The number of carbonyl (C=O) groups excluding carboxylic acids is 1. The van der Waals surface area contributed by atoms with Crippen LogP contribution in [0.2, 0.25) is 0 Å². The van der Waals surface area contributed by atoms with E-state index in [1.165, 1.54) is 17.7 Å². The van der Waals surface area contributed by atoms with Crippen LogP contribution in [0.25, 0.3) is 27.7 Å². The minimum atomic E-state index is -3.60. The fraction of sp³-hybridized carbons (Fsp3) is 0.441. The van der Waals surface area contributed by atoms with Crippen LogP contribution in [-0.4, -0.2) is 85.3 Å². The van der Waals surface area contributed by atoms with Gasteiger partial charge in [-0.2, -0.15) is 0 Å². The molecule has 0 amide bonds. The number of sulfonamides is 1. The first-order valence-electron chi connectivity index (χ1n) is 16.1. The zero-order valence-electron chi connectivity index (χ0n) is 26.7. The van der Waals surface area contributed by atoms with E-state index in [9.17, 15) is 17.6 Å². The molecule has 0 saturated carbocycles. The van der Waals surface area contributed by atoms with Crippen LogP contribution in [0.5, 0.6) is 0 Å². The molecule has 2 aliphatic rings. The average molecular weight is 665 g/mol. The smallest absolute Gasteiger partial charge is 0.355 e. The van der Waals surface area contributed by atoms with Gasteiger partial charge in [-0.1, -0.05) is 37.3 Å². The van der Waals surface area contributed by atoms with Gasteiger partial charge in [-0.05, 0) is 85.7 Å². The molecule has 250 valence electrons. The Balaban J connectivity index is 1.01. The number of nitrogens with zero attached hydrogens (tertiary/aromatic N) is 4. The molecule has 0 radical (unpaired) electrons. The number of rotatable bonds is 12. The number of aromatic nitrogens is 4. The summed E-state index contributed by atoms with van der Waals surface area (Å²) >= 11 is 0. The molecule has 1 fully saturated rings. The van der Waals surface area contributed by atoms with Crippen LogP contribution >= 0.6 is 0 Å². The molecule has 2 aromatic carbocycles. The van der Waals surface area contributed by atoms with Gasteiger partial charge in [-0.3, -0.25) is 4.68 Å². The van der Waals surface area contributed by atoms with Crippen LogP contribution in [-0.2, 0) is 26.0 Å². The number of nitrogens with one attached hydrogen (secondary N) is 2. The summed E-state index contributed by atoms with van der Waals surface area (Å²) in [4.78, 5) is 18.6. The largest absolute Gasteiger partial charge is 0.461 e. The molecule has 1 saturated heterocycles. The second-order valence-corrected chi connectivity index (χ2v) is 14.4. The number of hydrogen-bond donors (Lipinski definition) is 2. The lowest BCUT2D eigenvalue weighted by molar-refractivity contribution is 0.0454. The highest BCUT2D eigenvalue weighted by Gasteiger charge is 2.25. The summed E-state index contributed by atoms with van der Waals surface area (Å²) in [6.07, 6.45) is 6.51. The van der Waals surface area contributed by atoms with Gasteiger partial charge in [0.2, 0.25) is 10.0 Å². The molecule has 0 unspecified atom stereocenters. The highest BCUT2D eigenvalue weighted by molar-refractivity contribution is 7.89. The van der Waals surface area contributed by atoms with E-state index in [2.05, 4.69) is 24.9 Å². The fourth-order valence-corrected chi connectivity index (χ4v) is 7.14. The van der Waals surface area contributed by atoms with Gasteiger partial charge in [0.1, 0.15) is 17.2 Å². The lowest BCUT2D eigenvalue weighted by atomic mass is 9.97. The molecule has 0 spiro atoms. The van der Waals surface area contributed by atoms with Crippen molar-refractivity contribution in [1.82, 2.24) is 29.6 Å². The molecular formula is C34H41FN6O5S. The van der Waals surface area contributed by atoms with Crippen LogP contribution in [0.1, 0.15) is 49.2 Å². The molecular weight excluding hydrogens is 623 g/mol. The van der Waals surface area contributed by atoms with E-state index in [0.29, 0.717) is 60.9 Å². The van der Waals surface area contributed by atoms with Gasteiger partial charge < -0.3 is 19.4 Å². The Kier molecular flexibility index (Phi) is 10.2. The fourth-order valence-electron chi connectivity index (χ4n) is 6.12. The molecule has 0 atom stereocenters. The summed E-state index contributed by atoms with van der Waals surface area (Å²) < 4.78 is 55.3. The first-order valence-corrected chi connectivity index (χ1v) is 17.6. The van der Waals surface area contributed by atoms with Crippen molar-refractivity contribution in [3.63, 3.8) is 0 Å². The molecule has 0 aliphatic carbocycles. The van der Waals surface area contributed by atoms with Crippen LogP contribution in [0.3, 0.4) is 0 Å². The van der Waals surface area contributed by atoms with Gasteiger partial charge in [0, 0.05) is 36.1 Å². The minimum absolute atomic E-state index is 0.171. The van der Waals surface area contributed by atoms with E-state index in [4.69, 9.17) is 9.47 Å². The average Bonchev–Trinajstić information content (AvgIpc) is 3.69. The zero-order valence-corrected chi connectivity index (χ0v) is 27.6. The number of H-pyrrole nitrogens is 1. The summed E-state index contributed by atoms with van der Waals surface area (Å²) in [5.41, 5.74) is 4.00. The quantitative estimate of drug-likeness (QED) is 0.205. The van der Waals surface area contributed by atoms with E-state index in [1.54, 1.807) is 29.1 Å². The monoisotopic (exact) mass is 664 g/mol. The number of ether oxygens (including phenoxy) is 2. The maximum Gasteiger partial charge on any atom is 0.355 e. The Morgan fingerprint density at radius 1 is 1.17 bits per heavy atom. The number of piperidine rings is 1. The van der Waals surface area contributed by atoms with Gasteiger partial charge in [-0.25, -0.2) is 22.3 Å². The number of likely N-dealkylation sites (tertiary alicyclic amines) is 1. The third kappa shape index (κ3) is 7.98. The third-order valence-corrected chi connectivity index (χ3v) is 10.2. The Morgan fingerprint density at radius 2 is 1.96 bits per heavy atom. The first-order chi connectivity index (χ1) is 22.7. The van der Waals surface area contributed by atoms with E-state index < -0.39 is 21.8 Å². The van der Waals surface area contributed by atoms with Crippen molar-refractivity contribution in [3.05, 3.63) is 71.8 Å². The van der Waals surface area contributed by atoms with Crippen molar-refractivity contribution in [2.45, 2.75) is 44.6 Å². The van der Waals surface area contributed by atoms with E-state index >= 15 is 0 Å². The molecule has 2 aliphatic heterocycles. The maximum absolute atomic E-state index is 14.2. The predicted octanol–water partition coefficient (Wildman–Crippen LogP) is 4.87. The number of hydrogen-bond acceptors (Lipinski definition) is 8. The lowest BCUT2D eigenvalue weighted by Crippen LogP contribution is -2.40. The number of aromatic amines is 1. The molecule has 2 N–H and O–H groups in total. The molecule has 2 aromatic heterocycles. The summed E-state index contributed by atoms with van der Waals surface area (Å²) in [5.74, 6) is -0.400. The molecule has 47 heavy (non-hydrogen) atoms. The SMILES string of the molecule is CC(C)COC(=O)c1[nH]c2ccc(F)cc2c1-c1cn(CC2CCN(CCNS(=O)(=O)c3ccc(C4=CCOCC4)cc3)CC2)nn1. The topological polar surface area (TPSA) is 131 Å². The number of benzene rings is 2. The highest BCUT2D eigenvalue weighted by Crippen LogP contribution is 2.33. The van der Waals surface area contributed by atoms with Crippen molar-refractivity contribution < 1.29 is 27.1 Å². The second-order valence-electron chi connectivity index (χ2n) is 12.6. The Hall–Kier alpha value is -3.91. The van der Waals surface area contributed by atoms with Gasteiger partial charge in [-0.15, -0.1) is 5.10 Å². The van der Waals surface area contributed by atoms with E-state index in [1.807, 2.05) is 32.1 Å². The lowest BCUT2D eigenvalue weighted by Gasteiger charge is -2.31. The molecule has 11 nitrogen and oxygen atoms in total. The van der Waals surface area contributed by atoms with Crippen molar-refractivity contribution in [3.8, 4) is 11.3 Å². The Morgan fingerprint density at radius 3 is 2.68 bits per heavy atom. The van der Waals surface area contributed by atoms with Crippen molar-refractivity contribution in [1.29, 1.82) is 0 Å². The van der Waals surface area contributed by atoms with Crippen molar-refractivity contribution >= 4 is 32.5 Å². The van der Waals surface area contributed by atoms with Gasteiger partial charge in [0.15, 0.2) is 0 Å². The summed E-state index contributed by atoms with van der Waals surface area (Å²) in [6, 6.07) is 11.4. The third-order valence-electron chi connectivity index (χ3n) is 8.68. The Labute approximate surface area is 274 Å². The number of esters is 1. The van der Waals surface area contributed by atoms with Crippen LogP contribution in [0.4, 0.5) is 4.39 Å². The van der Waals surface area contributed by atoms with Crippen LogP contribution in [0, 0.1) is 17.7 Å². The van der Waals surface area contributed by atoms with Crippen LogP contribution in [0.15, 0.2) is 59.6 Å². The van der Waals surface area contributed by atoms with Crippen molar-refractivity contribution in [2.24, 2.45) is 11.8 Å². The van der Waals surface area contributed by atoms with Gasteiger partial charge >= 0.3 is 5.97 Å². The zero-order chi connectivity index (χ0) is 33.0. The summed E-state index contributed by atoms with van der Waals surface area (Å²) in [5, 5.41) is 9.23. The number of halogens is 1. The standard InChI is InChI=1S/C34H41FN6O5S/c1-23(2)22-46-34(42)33-32(29-19-27(35)5-8-30(29)37-33)31-21-41(39-38-31)20-24-9-14-40(15-10-24)16-13-36-47(43,44)28-6-3-25(4-7-28)26-11-17-45-18-12-26/h3-8,11,19,21,23-24,36-37H,9-10,12-18,20,22H2,1-2H3. The summed E-state index contributed by atoms with van der Waals surface area (Å²) in [6.45, 7) is 8.74. The van der Waals surface area contributed by atoms with Gasteiger partial charge in [0.25, 0.3) is 0 Å². The number of carbonyl (C=O) groups is 1. The van der Waals surface area contributed by atoms with Crippen molar-refractivity contribution in [2.75, 3.05) is 46.0 Å². The minimum Gasteiger partial charge on any atom is -0.461 e. The number of fused-ring (bicyclic) bond motifs is 1. The molecule has 4 heterocycles. The molecule has 13 heteroatoms. The van der Waals surface area contributed by atoms with E-state index in [-0.39, 0.29) is 23.1 Å². The molecule has 4 aromatic rings. The first kappa shape index (κ1) is 33.0. The van der Waals surface area contributed by atoms with E-state index in [0.717, 1.165) is 37.9 Å². The van der Waals surface area contributed by atoms with Crippen LogP contribution < -0.4 is 4.72 Å². The normalized spacial score (nSPS) is 16.6. The molecule has 6 rings (SSSR count). The molecule has 0 bridgehead atoms. The second kappa shape index (κ2) is 14.5. The Bertz CT molecular complexity index is 1840. The van der Waals surface area contributed by atoms with Gasteiger partial charge in [0.05, 0.1) is 30.9 Å². The highest BCUT2D eigenvalue weighted by atomic mass is 32.2. The maximum atomic E-state index is 14.2.